The molecule has 0 saturated heterocycles. The molecule has 90 valence electrons. The lowest BCUT2D eigenvalue weighted by atomic mass is 9.80. The van der Waals surface area contributed by atoms with E-state index in [4.69, 9.17) is 0 Å². The molecule has 16 heavy (non-hydrogen) atoms. The Labute approximate surface area is 110 Å². The van der Waals surface area contributed by atoms with Gasteiger partial charge in [-0.25, -0.2) is 0 Å². The normalized spacial score (nSPS) is 28.0. The zero-order valence-corrected chi connectivity index (χ0v) is 12.3. The Bertz CT molecular complexity index is 333. The van der Waals surface area contributed by atoms with E-state index in [0.29, 0.717) is 5.92 Å². The molecule has 1 aromatic heterocycles. The van der Waals surface area contributed by atoms with E-state index in [1.165, 1.54) is 30.6 Å². The maximum absolute atomic E-state index is 10.4. The third-order valence-electron chi connectivity index (χ3n) is 3.67. The number of thiophene rings is 1. The van der Waals surface area contributed by atoms with E-state index >= 15 is 0 Å². The van der Waals surface area contributed by atoms with Gasteiger partial charge in [0.2, 0.25) is 0 Å². The minimum Gasteiger partial charge on any atom is -0.387 e. The van der Waals surface area contributed by atoms with Crippen molar-refractivity contribution in [1.29, 1.82) is 0 Å². The van der Waals surface area contributed by atoms with Crippen molar-refractivity contribution >= 4 is 27.3 Å². The number of aliphatic hydroxyl groups excluding tert-OH is 1. The smallest absolute Gasteiger partial charge is 0.0910 e. The van der Waals surface area contributed by atoms with Gasteiger partial charge in [0.25, 0.3) is 0 Å². The Morgan fingerprint density at radius 3 is 2.50 bits per heavy atom. The van der Waals surface area contributed by atoms with Gasteiger partial charge in [-0.3, -0.25) is 0 Å². The number of aliphatic hydroxyl groups is 1. The first-order valence-corrected chi connectivity index (χ1v) is 7.62. The molecule has 1 saturated carbocycles. The summed E-state index contributed by atoms with van der Waals surface area (Å²) in [6.07, 6.45) is 4.65. The van der Waals surface area contributed by atoms with Crippen molar-refractivity contribution in [2.75, 3.05) is 0 Å². The van der Waals surface area contributed by atoms with Gasteiger partial charge in [0.15, 0.2) is 0 Å². The van der Waals surface area contributed by atoms with Crippen molar-refractivity contribution in [2.45, 2.75) is 45.6 Å². The number of hydrogen-bond acceptors (Lipinski definition) is 2. The van der Waals surface area contributed by atoms with E-state index in [0.717, 1.165) is 15.3 Å². The van der Waals surface area contributed by atoms with Crippen LogP contribution >= 0.6 is 27.3 Å². The molecule has 1 fully saturated rings. The van der Waals surface area contributed by atoms with Crippen molar-refractivity contribution < 1.29 is 5.11 Å². The fourth-order valence-electron chi connectivity index (χ4n) is 2.46. The van der Waals surface area contributed by atoms with E-state index in [9.17, 15) is 5.11 Å². The molecule has 1 unspecified atom stereocenters. The van der Waals surface area contributed by atoms with Crippen LogP contribution in [0.3, 0.4) is 0 Å². The first-order chi connectivity index (χ1) is 7.58. The van der Waals surface area contributed by atoms with Crippen LogP contribution < -0.4 is 0 Å². The molecule has 0 radical (unpaired) electrons. The van der Waals surface area contributed by atoms with Crippen molar-refractivity contribution in [1.82, 2.24) is 0 Å². The predicted molar refractivity (Wildman–Crippen MR) is 72.8 cm³/mol. The molecular weight excluding hydrogens is 284 g/mol. The van der Waals surface area contributed by atoms with Crippen LogP contribution in [-0.2, 0) is 0 Å². The fraction of sp³-hybridized carbons (Fsp3) is 0.692. The third-order valence-corrected chi connectivity index (χ3v) is 5.88. The molecular formula is C13H19BrOS. The molecule has 0 amide bonds. The second-order valence-electron chi connectivity index (χ2n) is 5.02. The maximum Gasteiger partial charge on any atom is 0.0910 e. The summed E-state index contributed by atoms with van der Waals surface area (Å²) in [7, 11) is 0. The minimum atomic E-state index is -0.248. The molecule has 1 heterocycles. The lowest BCUT2D eigenvalue weighted by Gasteiger charge is -2.29. The van der Waals surface area contributed by atoms with Gasteiger partial charge in [0.1, 0.15) is 0 Å². The van der Waals surface area contributed by atoms with Gasteiger partial charge in [0.05, 0.1) is 6.10 Å². The summed E-state index contributed by atoms with van der Waals surface area (Å²) < 4.78 is 1.13. The van der Waals surface area contributed by atoms with E-state index in [2.05, 4.69) is 35.8 Å². The second-order valence-corrected chi connectivity index (χ2v) is 7.16. The van der Waals surface area contributed by atoms with Crippen LogP contribution in [0.1, 0.15) is 48.5 Å². The van der Waals surface area contributed by atoms with E-state index < -0.39 is 0 Å². The SMILES string of the molecule is Cc1sc(C(O)C2CCC(C)CC2)cc1Br. The van der Waals surface area contributed by atoms with Crippen LogP contribution in [0.5, 0.6) is 0 Å². The highest BCUT2D eigenvalue weighted by Crippen LogP contribution is 2.40. The molecule has 0 bridgehead atoms. The van der Waals surface area contributed by atoms with Crippen LogP contribution in [0.15, 0.2) is 10.5 Å². The third kappa shape index (κ3) is 2.69. The molecule has 0 spiro atoms. The Hall–Kier alpha value is 0.140. The molecule has 1 aliphatic carbocycles. The summed E-state index contributed by atoms with van der Waals surface area (Å²) in [5.74, 6) is 1.32. The van der Waals surface area contributed by atoms with Gasteiger partial charge in [0, 0.05) is 14.2 Å². The summed E-state index contributed by atoms with van der Waals surface area (Å²) in [4.78, 5) is 2.39. The predicted octanol–water partition coefficient (Wildman–Crippen LogP) is 4.68. The maximum atomic E-state index is 10.4. The van der Waals surface area contributed by atoms with Gasteiger partial charge in [-0.1, -0.05) is 19.8 Å². The molecule has 1 atom stereocenters. The lowest BCUT2D eigenvalue weighted by molar-refractivity contribution is 0.0784. The molecule has 1 N–H and O–H groups in total. The van der Waals surface area contributed by atoms with Gasteiger partial charge in [-0.15, -0.1) is 11.3 Å². The lowest BCUT2D eigenvalue weighted by Crippen LogP contribution is -2.18. The monoisotopic (exact) mass is 302 g/mol. The van der Waals surface area contributed by atoms with Crippen molar-refractivity contribution in [3.63, 3.8) is 0 Å². The Kier molecular flexibility index (Phi) is 4.09. The second kappa shape index (κ2) is 5.19. The van der Waals surface area contributed by atoms with Crippen LogP contribution in [-0.4, -0.2) is 5.11 Å². The van der Waals surface area contributed by atoms with Gasteiger partial charge < -0.3 is 5.11 Å². The molecule has 3 heteroatoms. The highest BCUT2D eigenvalue weighted by molar-refractivity contribution is 9.10. The van der Waals surface area contributed by atoms with Crippen molar-refractivity contribution in [3.05, 3.63) is 20.3 Å². The number of halogens is 1. The zero-order valence-electron chi connectivity index (χ0n) is 9.87. The van der Waals surface area contributed by atoms with Gasteiger partial charge in [-0.2, -0.15) is 0 Å². The van der Waals surface area contributed by atoms with E-state index in [1.54, 1.807) is 11.3 Å². The highest BCUT2D eigenvalue weighted by atomic mass is 79.9. The molecule has 1 aliphatic rings. The van der Waals surface area contributed by atoms with E-state index in [-0.39, 0.29) is 6.10 Å². The van der Waals surface area contributed by atoms with Crippen LogP contribution in [0.4, 0.5) is 0 Å². The summed E-state index contributed by atoms with van der Waals surface area (Å²) in [6, 6.07) is 2.09. The van der Waals surface area contributed by atoms with Crippen molar-refractivity contribution in [3.8, 4) is 0 Å². The van der Waals surface area contributed by atoms with Crippen LogP contribution in [0.2, 0.25) is 0 Å². The van der Waals surface area contributed by atoms with Gasteiger partial charge in [-0.05, 0) is 53.6 Å². The highest BCUT2D eigenvalue weighted by Gasteiger charge is 2.26. The van der Waals surface area contributed by atoms with Gasteiger partial charge >= 0.3 is 0 Å². The Morgan fingerprint density at radius 2 is 2.00 bits per heavy atom. The molecule has 1 nitrogen and oxygen atoms in total. The molecule has 0 aromatic carbocycles. The fourth-order valence-corrected chi connectivity index (χ4v) is 4.10. The average molecular weight is 303 g/mol. The Balaban J connectivity index is 2.04. The van der Waals surface area contributed by atoms with Crippen LogP contribution in [0, 0.1) is 18.8 Å². The Morgan fingerprint density at radius 1 is 1.38 bits per heavy atom. The summed E-state index contributed by atoms with van der Waals surface area (Å²) in [5.41, 5.74) is 0. The quantitative estimate of drug-likeness (QED) is 0.841. The minimum absolute atomic E-state index is 0.248. The topological polar surface area (TPSA) is 20.2 Å². The van der Waals surface area contributed by atoms with E-state index in [1.807, 2.05) is 0 Å². The first kappa shape index (κ1) is 12.6. The summed E-state index contributed by atoms with van der Waals surface area (Å²) in [5, 5.41) is 10.4. The van der Waals surface area contributed by atoms with Crippen molar-refractivity contribution in [2.24, 2.45) is 11.8 Å². The average Bonchev–Trinajstić information content (AvgIpc) is 2.59. The zero-order chi connectivity index (χ0) is 11.7. The number of rotatable bonds is 2. The largest absolute Gasteiger partial charge is 0.387 e. The molecule has 2 rings (SSSR count). The van der Waals surface area contributed by atoms with Crippen LogP contribution in [0.25, 0.3) is 0 Å². The standard InChI is InChI=1S/C13H19BrOS/c1-8-3-5-10(6-4-8)13(15)12-7-11(14)9(2)16-12/h7-8,10,13,15H,3-6H2,1-2H3. The molecule has 0 aliphatic heterocycles. The summed E-state index contributed by atoms with van der Waals surface area (Å²) in [6.45, 7) is 4.41. The molecule has 1 aromatic rings. The first-order valence-electron chi connectivity index (χ1n) is 6.02. The number of hydrogen-bond donors (Lipinski definition) is 1. The summed E-state index contributed by atoms with van der Waals surface area (Å²) >= 11 is 5.24. The number of aryl methyl sites for hydroxylation is 1.